The van der Waals surface area contributed by atoms with Crippen LogP contribution in [0.4, 0.5) is 11.4 Å². The van der Waals surface area contributed by atoms with Gasteiger partial charge in [-0.15, -0.1) is 0 Å². The maximum atomic E-state index is 12.1. The molecule has 1 aromatic carbocycles. The van der Waals surface area contributed by atoms with Crippen molar-refractivity contribution in [3.8, 4) is 0 Å². The van der Waals surface area contributed by atoms with Gasteiger partial charge >= 0.3 is 0 Å². The number of para-hydroxylation sites is 1. The number of hydrogen-bond acceptors (Lipinski definition) is 3. The number of benzene rings is 1. The van der Waals surface area contributed by atoms with Gasteiger partial charge in [-0.2, -0.15) is 0 Å². The number of carbonyl (C=O) groups is 1. The first-order valence-corrected chi connectivity index (χ1v) is 8.55. The van der Waals surface area contributed by atoms with Gasteiger partial charge in [-0.1, -0.05) is 29.8 Å². The molecule has 24 heavy (non-hydrogen) atoms. The highest BCUT2D eigenvalue weighted by Crippen LogP contribution is 2.20. The molecule has 1 aliphatic rings. The normalized spacial score (nSPS) is 13.9. The van der Waals surface area contributed by atoms with Crippen LogP contribution in [0.5, 0.6) is 0 Å². The Balaban J connectivity index is 1.49. The van der Waals surface area contributed by atoms with Crippen LogP contribution in [0.3, 0.4) is 0 Å². The first-order valence-electron chi connectivity index (χ1n) is 8.55. The summed E-state index contributed by atoms with van der Waals surface area (Å²) < 4.78 is 0. The van der Waals surface area contributed by atoms with Crippen LogP contribution in [0.2, 0.25) is 0 Å². The number of nitrogens with zero attached hydrogens (tertiary/aromatic N) is 1. The first kappa shape index (κ1) is 16.2. The summed E-state index contributed by atoms with van der Waals surface area (Å²) in [5.74, 6) is -0.194. The van der Waals surface area contributed by atoms with Gasteiger partial charge in [0.1, 0.15) is 5.69 Å². The number of hydrogen-bond donors (Lipinski definition) is 2. The number of amides is 1. The van der Waals surface area contributed by atoms with E-state index in [0.717, 1.165) is 24.3 Å². The number of anilines is 2. The van der Waals surface area contributed by atoms with Crippen molar-refractivity contribution in [3.63, 3.8) is 0 Å². The summed E-state index contributed by atoms with van der Waals surface area (Å²) >= 11 is 0. The minimum atomic E-state index is -0.194. The molecule has 0 bridgehead atoms. The Morgan fingerprint density at radius 2 is 1.92 bits per heavy atom. The second-order valence-electron chi connectivity index (χ2n) is 6.04. The highest BCUT2D eigenvalue weighted by atomic mass is 16.1. The lowest BCUT2D eigenvalue weighted by Gasteiger charge is -2.13. The van der Waals surface area contributed by atoms with Gasteiger partial charge in [0.25, 0.3) is 5.91 Å². The van der Waals surface area contributed by atoms with E-state index in [1.807, 2.05) is 36.4 Å². The zero-order chi connectivity index (χ0) is 16.6. The molecule has 1 aliphatic carbocycles. The van der Waals surface area contributed by atoms with Crippen LogP contribution in [0.25, 0.3) is 0 Å². The largest absolute Gasteiger partial charge is 0.383 e. The summed E-state index contributed by atoms with van der Waals surface area (Å²) in [5.41, 5.74) is 3.69. The molecule has 0 radical (unpaired) electrons. The molecular weight excluding hydrogens is 298 g/mol. The van der Waals surface area contributed by atoms with Gasteiger partial charge in [0.2, 0.25) is 0 Å². The van der Waals surface area contributed by atoms with Crippen LogP contribution in [-0.2, 0) is 0 Å². The van der Waals surface area contributed by atoms with Crippen molar-refractivity contribution < 1.29 is 4.79 Å². The lowest BCUT2D eigenvalue weighted by atomic mass is 9.97. The summed E-state index contributed by atoms with van der Waals surface area (Å²) in [5, 5.41) is 6.21. The Morgan fingerprint density at radius 3 is 2.62 bits per heavy atom. The van der Waals surface area contributed by atoms with Gasteiger partial charge < -0.3 is 10.6 Å². The van der Waals surface area contributed by atoms with Crippen LogP contribution in [0, 0.1) is 0 Å². The molecule has 1 aromatic heterocycles. The fourth-order valence-corrected chi connectivity index (χ4v) is 2.85. The van der Waals surface area contributed by atoms with Crippen molar-refractivity contribution >= 4 is 17.3 Å². The summed E-state index contributed by atoms with van der Waals surface area (Å²) in [6, 6.07) is 13.1. The van der Waals surface area contributed by atoms with E-state index in [9.17, 15) is 4.79 Å². The highest BCUT2D eigenvalue weighted by molar-refractivity contribution is 6.02. The van der Waals surface area contributed by atoms with E-state index < -0.39 is 0 Å². The quantitative estimate of drug-likeness (QED) is 0.762. The molecule has 3 rings (SSSR count). The molecule has 4 nitrogen and oxygen atoms in total. The third kappa shape index (κ3) is 4.69. The smallest absolute Gasteiger partial charge is 0.274 e. The van der Waals surface area contributed by atoms with E-state index in [-0.39, 0.29) is 5.91 Å². The maximum Gasteiger partial charge on any atom is 0.274 e. The third-order valence-corrected chi connectivity index (χ3v) is 4.19. The van der Waals surface area contributed by atoms with Crippen LogP contribution >= 0.6 is 0 Å². The molecule has 0 atom stereocenters. The van der Waals surface area contributed by atoms with E-state index >= 15 is 0 Å². The summed E-state index contributed by atoms with van der Waals surface area (Å²) in [7, 11) is 0. The van der Waals surface area contributed by atoms with Crippen molar-refractivity contribution in [1.82, 2.24) is 4.98 Å². The SMILES string of the molecule is O=C(Nc1ccccc1)c1ccc(NCCC2=CCCCC2)cn1. The van der Waals surface area contributed by atoms with Gasteiger partial charge in [0, 0.05) is 12.2 Å². The number of allylic oxidation sites excluding steroid dienone is 1. The molecule has 0 spiro atoms. The fraction of sp³-hybridized carbons (Fsp3) is 0.300. The number of pyridine rings is 1. The predicted octanol–water partition coefficient (Wildman–Crippen LogP) is 4.64. The third-order valence-electron chi connectivity index (χ3n) is 4.19. The van der Waals surface area contributed by atoms with Gasteiger partial charge in [-0.25, -0.2) is 4.98 Å². The minimum Gasteiger partial charge on any atom is -0.383 e. The van der Waals surface area contributed by atoms with Crippen molar-refractivity contribution in [1.29, 1.82) is 0 Å². The Bertz CT molecular complexity index is 693. The molecule has 0 saturated heterocycles. The molecule has 1 heterocycles. The molecule has 2 aromatic rings. The first-order chi connectivity index (χ1) is 11.8. The number of carbonyl (C=O) groups excluding carboxylic acids is 1. The van der Waals surface area contributed by atoms with Gasteiger partial charge in [0.05, 0.1) is 11.9 Å². The lowest BCUT2D eigenvalue weighted by Crippen LogP contribution is -2.13. The zero-order valence-corrected chi connectivity index (χ0v) is 13.8. The molecule has 124 valence electrons. The minimum absolute atomic E-state index is 0.194. The Hall–Kier alpha value is -2.62. The van der Waals surface area contributed by atoms with E-state index in [0.29, 0.717) is 5.69 Å². The predicted molar refractivity (Wildman–Crippen MR) is 98.3 cm³/mol. The molecule has 0 unspecified atom stereocenters. The zero-order valence-electron chi connectivity index (χ0n) is 13.8. The molecular formula is C20H23N3O. The van der Waals surface area contributed by atoms with Gasteiger partial charge in [-0.05, 0) is 56.4 Å². The van der Waals surface area contributed by atoms with Crippen LogP contribution in [0.15, 0.2) is 60.3 Å². The second kappa shape index (κ2) is 8.29. The number of aromatic nitrogens is 1. The molecule has 2 N–H and O–H groups in total. The van der Waals surface area contributed by atoms with Crippen molar-refractivity contribution in [2.45, 2.75) is 32.1 Å². The number of nitrogens with one attached hydrogen (secondary N) is 2. The van der Waals surface area contributed by atoms with E-state index in [1.165, 1.54) is 25.7 Å². The molecule has 1 amide bonds. The summed E-state index contributed by atoms with van der Waals surface area (Å²) in [6.45, 7) is 0.906. The second-order valence-corrected chi connectivity index (χ2v) is 6.04. The van der Waals surface area contributed by atoms with Crippen molar-refractivity contribution in [2.24, 2.45) is 0 Å². The standard InChI is InChI=1S/C20H23N3O/c24-20(23-17-9-5-2-6-10-17)19-12-11-18(15-22-19)21-14-13-16-7-3-1-4-8-16/h2,5-7,9-12,15,21H,1,3-4,8,13-14H2,(H,23,24). The van der Waals surface area contributed by atoms with Crippen molar-refractivity contribution in [3.05, 3.63) is 66.0 Å². The van der Waals surface area contributed by atoms with Crippen LogP contribution < -0.4 is 10.6 Å². The monoisotopic (exact) mass is 321 g/mol. The Kier molecular flexibility index (Phi) is 5.61. The number of rotatable bonds is 6. The molecule has 0 aliphatic heterocycles. The lowest BCUT2D eigenvalue weighted by molar-refractivity contribution is 0.102. The highest BCUT2D eigenvalue weighted by Gasteiger charge is 2.07. The van der Waals surface area contributed by atoms with E-state index in [1.54, 1.807) is 17.8 Å². The van der Waals surface area contributed by atoms with E-state index in [2.05, 4.69) is 21.7 Å². The average molecular weight is 321 g/mol. The van der Waals surface area contributed by atoms with Crippen molar-refractivity contribution in [2.75, 3.05) is 17.2 Å². The Morgan fingerprint density at radius 1 is 1.04 bits per heavy atom. The maximum absolute atomic E-state index is 12.1. The van der Waals surface area contributed by atoms with Gasteiger partial charge in [-0.3, -0.25) is 4.79 Å². The summed E-state index contributed by atoms with van der Waals surface area (Å²) in [4.78, 5) is 16.4. The van der Waals surface area contributed by atoms with Gasteiger partial charge in [0.15, 0.2) is 0 Å². The van der Waals surface area contributed by atoms with Crippen LogP contribution in [0.1, 0.15) is 42.6 Å². The molecule has 0 fully saturated rings. The molecule has 0 saturated carbocycles. The fourth-order valence-electron chi connectivity index (χ4n) is 2.85. The topological polar surface area (TPSA) is 54.0 Å². The molecule has 4 heteroatoms. The summed E-state index contributed by atoms with van der Waals surface area (Å²) in [6.07, 6.45) is 10.3. The van der Waals surface area contributed by atoms with E-state index in [4.69, 9.17) is 0 Å². The Labute approximate surface area is 143 Å². The average Bonchev–Trinajstić information content (AvgIpc) is 2.64. The van der Waals surface area contributed by atoms with Crippen LogP contribution in [-0.4, -0.2) is 17.4 Å².